The van der Waals surface area contributed by atoms with Crippen LogP contribution in [0.15, 0.2) is 59.5 Å². The van der Waals surface area contributed by atoms with Crippen LogP contribution in [0.25, 0.3) is 0 Å². The molecule has 4 rings (SSSR count). The number of rotatable bonds is 5. The number of hydrogen-bond acceptors (Lipinski definition) is 5. The Balaban J connectivity index is 1.59. The lowest BCUT2D eigenvalue weighted by Gasteiger charge is -2.30. The molecule has 1 heterocycles. The van der Waals surface area contributed by atoms with Gasteiger partial charge in [0, 0.05) is 0 Å². The normalized spacial score (nSPS) is 24.8. The lowest BCUT2D eigenvalue weighted by atomic mass is 9.93. The summed E-state index contributed by atoms with van der Waals surface area (Å²) in [5.41, 5.74) is 0.986. The van der Waals surface area contributed by atoms with Crippen molar-refractivity contribution in [1.82, 2.24) is 4.31 Å². The Hall–Kier alpha value is -2.22. The molecule has 1 aliphatic heterocycles. The van der Waals surface area contributed by atoms with E-state index in [1.807, 2.05) is 13.0 Å². The van der Waals surface area contributed by atoms with Gasteiger partial charge in [-0.1, -0.05) is 48.7 Å². The molecule has 2 fully saturated rings. The number of esters is 1. The second-order valence-corrected chi connectivity index (χ2v) is 9.46. The highest BCUT2D eigenvalue weighted by Gasteiger charge is 2.50. The van der Waals surface area contributed by atoms with Crippen molar-refractivity contribution in [2.45, 2.75) is 62.3 Å². The number of fused-ring (bicyclic) bond motifs is 1. The maximum absolute atomic E-state index is 13.4. The Bertz CT molecular complexity index is 958. The van der Waals surface area contributed by atoms with Gasteiger partial charge in [-0.05, 0) is 44.0 Å². The Morgan fingerprint density at radius 1 is 1.07 bits per heavy atom. The average molecular weight is 416 g/mol. The van der Waals surface area contributed by atoms with Crippen LogP contribution in [0, 0.1) is 6.92 Å². The largest absolute Gasteiger partial charge is 0.426 e. The van der Waals surface area contributed by atoms with Gasteiger partial charge in [0.25, 0.3) is 0 Å². The minimum absolute atomic E-state index is 0.146. The third kappa shape index (κ3) is 4.22. The predicted octanol–water partition coefficient (Wildman–Crippen LogP) is 3.65. The number of ether oxygens (including phenoxy) is 2. The number of aryl methyl sites for hydroxylation is 1. The summed E-state index contributed by atoms with van der Waals surface area (Å²) in [5, 5.41) is 0. The van der Waals surface area contributed by atoms with E-state index in [2.05, 4.69) is 0 Å². The number of nitrogens with zero attached hydrogens (tertiary/aromatic N) is 1. The standard InChI is InChI=1S/C22H25NO5S/c1-16-11-13-18(14-12-16)29(25,26)23-19-9-5-6-10-20(19)28-21(23)15-22(24)27-17-7-3-2-4-8-17/h2-4,7-8,11-14,19-21H,5-6,9-10,15H2,1H3/t19?,20?,21-/m0/s1. The summed E-state index contributed by atoms with van der Waals surface area (Å²) < 4.78 is 39.7. The molecule has 0 spiro atoms. The van der Waals surface area contributed by atoms with Crippen LogP contribution in [0.4, 0.5) is 0 Å². The van der Waals surface area contributed by atoms with Gasteiger partial charge in [-0.3, -0.25) is 4.79 Å². The molecule has 29 heavy (non-hydrogen) atoms. The quantitative estimate of drug-likeness (QED) is 0.551. The summed E-state index contributed by atoms with van der Waals surface area (Å²) in [4.78, 5) is 12.7. The van der Waals surface area contributed by atoms with Gasteiger partial charge < -0.3 is 9.47 Å². The minimum Gasteiger partial charge on any atom is -0.426 e. The smallest absolute Gasteiger partial charge is 0.315 e. The average Bonchev–Trinajstić information content (AvgIpc) is 3.07. The number of carbonyl (C=O) groups is 1. The van der Waals surface area contributed by atoms with E-state index in [-0.39, 0.29) is 23.5 Å². The zero-order chi connectivity index (χ0) is 20.4. The predicted molar refractivity (Wildman–Crippen MR) is 108 cm³/mol. The highest BCUT2D eigenvalue weighted by atomic mass is 32.2. The van der Waals surface area contributed by atoms with Crippen LogP contribution in [0.3, 0.4) is 0 Å². The van der Waals surface area contributed by atoms with E-state index in [0.717, 1.165) is 31.2 Å². The van der Waals surface area contributed by atoms with Crippen LogP contribution in [0.5, 0.6) is 5.75 Å². The fraction of sp³-hybridized carbons (Fsp3) is 0.409. The molecular formula is C22H25NO5S. The molecule has 0 aromatic heterocycles. The summed E-state index contributed by atoms with van der Waals surface area (Å²) in [5.74, 6) is -0.0789. The van der Waals surface area contributed by atoms with Gasteiger partial charge in [-0.2, -0.15) is 4.31 Å². The minimum atomic E-state index is -3.79. The molecule has 7 heteroatoms. The Kier molecular flexibility index (Phi) is 5.72. The fourth-order valence-corrected chi connectivity index (χ4v) is 5.86. The molecule has 1 saturated carbocycles. The van der Waals surface area contributed by atoms with Crippen molar-refractivity contribution in [3.8, 4) is 5.75 Å². The van der Waals surface area contributed by atoms with Crippen LogP contribution in [0.1, 0.15) is 37.7 Å². The van der Waals surface area contributed by atoms with E-state index in [9.17, 15) is 13.2 Å². The summed E-state index contributed by atoms with van der Waals surface area (Å²) >= 11 is 0. The molecular weight excluding hydrogens is 390 g/mol. The van der Waals surface area contributed by atoms with Crippen molar-refractivity contribution < 1.29 is 22.7 Å². The highest BCUT2D eigenvalue weighted by Crippen LogP contribution is 2.39. The van der Waals surface area contributed by atoms with E-state index in [0.29, 0.717) is 5.75 Å². The summed E-state index contributed by atoms with van der Waals surface area (Å²) in [6.07, 6.45) is 2.30. The molecule has 154 valence electrons. The SMILES string of the molecule is Cc1ccc(S(=O)(=O)N2C3CCCCC3O[C@H]2CC(=O)Oc2ccccc2)cc1. The molecule has 0 radical (unpaired) electrons. The van der Waals surface area contributed by atoms with E-state index < -0.39 is 22.2 Å². The van der Waals surface area contributed by atoms with Crippen LogP contribution >= 0.6 is 0 Å². The first-order valence-corrected chi connectivity index (χ1v) is 11.4. The second kappa shape index (κ2) is 8.26. The first-order chi connectivity index (χ1) is 13.9. The maximum atomic E-state index is 13.4. The highest BCUT2D eigenvalue weighted by molar-refractivity contribution is 7.89. The van der Waals surface area contributed by atoms with Crippen molar-refractivity contribution >= 4 is 16.0 Å². The van der Waals surface area contributed by atoms with Gasteiger partial charge in [0.1, 0.15) is 12.0 Å². The fourth-order valence-electron chi connectivity index (χ4n) is 4.11. The van der Waals surface area contributed by atoms with E-state index >= 15 is 0 Å². The summed E-state index contributed by atoms with van der Waals surface area (Å²) in [6, 6.07) is 15.3. The van der Waals surface area contributed by atoms with Gasteiger partial charge in [0.05, 0.1) is 23.5 Å². The first-order valence-electron chi connectivity index (χ1n) is 9.96. The maximum Gasteiger partial charge on any atom is 0.315 e. The molecule has 2 aliphatic rings. The van der Waals surface area contributed by atoms with Crippen molar-refractivity contribution in [3.63, 3.8) is 0 Å². The molecule has 3 atom stereocenters. The van der Waals surface area contributed by atoms with Crippen molar-refractivity contribution in [2.24, 2.45) is 0 Å². The van der Waals surface area contributed by atoms with Crippen molar-refractivity contribution in [2.75, 3.05) is 0 Å². The number of para-hydroxylation sites is 1. The Morgan fingerprint density at radius 3 is 2.48 bits per heavy atom. The van der Waals surface area contributed by atoms with Crippen LogP contribution < -0.4 is 4.74 Å². The van der Waals surface area contributed by atoms with Crippen LogP contribution in [-0.2, 0) is 19.6 Å². The van der Waals surface area contributed by atoms with Crippen LogP contribution in [-0.4, -0.2) is 37.1 Å². The number of benzene rings is 2. The molecule has 0 bridgehead atoms. The van der Waals surface area contributed by atoms with E-state index in [1.165, 1.54) is 4.31 Å². The first kappa shape index (κ1) is 20.1. The summed E-state index contributed by atoms with van der Waals surface area (Å²) in [7, 11) is -3.79. The Morgan fingerprint density at radius 2 is 1.76 bits per heavy atom. The molecule has 1 saturated heterocycles. The van der Waals surface area contributed by atoms with Gasteiger partial charge in [-0.15, -0.1) is 0 Å². The monoisotopic (exact) mass is 415 g/mol. The van der Waals surface area contributed by atoms with Gasteiger partial charge in [0.15, 0.2) is 0 Å². The Labute approximate surface area is 171 Å². The zero-order valence-corrected chi connectivity index (χ0v) is 17.2. The zero-order valence-electron chi connectivity index (χ0n) is 16.4. The number of hydrogen-bond donors (Lipinski definition) is 0. The molecule has 2 unspecified atom stereocenters. The number of carbonyl (C=O) groups excluding carboxylic acids is 1. The molecule has 1 aliphatic carbocycles. The molecule has 2 aromatic carbocycles. The lowest BCUT2D eigenvalue weighted by molar-refractivity contribution is -0.138. The number of sulfonamides is 1. The molecule has 2 aromatic rings. The van der Waals surface area contributed by atoms with E-state index in [1.54, 1.807) is 48.5 Å². The molecule has 0 N–H and O–H groups in total. The summed E-state index contributed by atoms with van der Waals surface area (Å²) in [6.45, 7) is 1.91. The lowest BCUT2D eigenvalue weighted by Crippen LogP contribution is -2.45. The third-order valence-electron chi connectivity index (χ3n) is 5.52. The van der Waals surface area contributed by atoms with Gasteiger partial charge in [0.2, 0.25) is 10.0 Å². The molecule has 0 amide bonds. The van der Waals surface area contributed by atoms with Crippen molar-refractivity contribution in [3.05, 3.63) is 60.2 Å². The second-order valence-electron chi connectivity index (χ2n) is 7.62. The van der Waals surface area contributed by atoms with Crippen LogP contribution in [0.2, 0.25) is 0 Å². The van der Waals surface area contributed by atoms with Gasteiger partial charge in [-0.25, -0.2) is 8.42 Å². The molecule has 6 nitrogen and oxygen atoms in total. The van der Waals surface area contributed by atoms with Gasteiger partial charge >= 0.3 is 5.97 Å². The topological polar surface area (TPSA) is 72.9 Å². The van der Waals surface area contributed by atoms with Crippen molar-refractivity contribution in [1.29, 1.82) is 0 Å². The third-order valence-corrected chi connectivity index (χ3v) is 7.45. The van der Waals surface area contributed by atoms with E-state index in [4.69, 9.17) is 9.47 Å².